The number of methoxy groups -OCH3 is 2. The molecule has 0 saturated carbocycles. The second-order valence-corrected chi connectivity index (χ2v) is 6.96. The Bertz CT molecular complexity index is 708. The monoisotopic (exact) mass is 504 g/mol. The third-order valence-corrected chi connectivity index (χ3v) is 5.10. The molecule has 0 spiro atoms. The standard InChI is InChI=1S/C19H28N4O2S.HI/c1-20-19(22-13-16(23(2)3)18-7-6-10-26-18)21-12-14-8-9-15(24-4)11-17(14)25-5;/h6-11,16H,12-13H2,1-5H3,(H2,20,21,22);1H. The van der Waals surface area contributed by atoms with Crippen LogP contribution >= 0.6 is 35.3 Å². The summed E-state index contributed by atoms with van der Waals surface area (Å²) in [6.45, 7) is 1.38. The molecular weight excluding hydrogens is 475 g/mol. The third-order valence-electron chi connectivity index (χ3n) is 4.12. The van der Waals surface area contributed by atoms with Gasteiger partial charge in [-0.1, -0.05) is 6.07 Å². The van der Waals surface area contributed by atoms with E-state index in [-0.39, 0.29) is 24.0 Å². The first kappa shape index (κ1) is 23.5. The minimum absolute atomic E-state index is 0. The fraction of sp³-hybridized carbons (Fsp3) is 0.421. The summed E-state index contributed by atoms with van der Waals surface area (Å²) in [7, 11) is 9.26. The number of hydrogen-bond acceptors (Lipinski definition) is 5. The normalized spacial score (nSPS) is 12.3. The average molecular weight is 504 g/mol. The molecule has 0 amide bonds. The Kier molecular flexibility index (Phi) is 10.5. The Balaban J connectivity index is 0.00000364. The number of ether oxygens (including phenoxy) is 2. The maximum absolute atomic E-state index is 5.45. The molecule has 150 valence electrons. The number of guanidine groups is 1. The van der Waals surface area contributed by atoms with Crippen molar-refractivity contribution in [1.29, 1.82) is 0 Å². The quantitative estimate of drug-likeness (QED) is 0.328. The highest BCUT2D eigenvalue weighted by Crippen LogP contribution is 2.24. The summed E-state index contributed by atoms with van der Waals surface area (Å²) in [6, 6.07) is 10.3. The van der Waals surface area contributed by atoms with Gasteiger partial charge in [0.05, 0.1) is 20.3 Å². The summed E-state index contributed by atoms with van der Waals surface area (Å²) >= 11 is 1.77. The van der Waals surface area contributed by atoms with E-state index in [0.717, 1.165) is 29.6 Å². The van der Waals surface area contributed by atoms with Gasteiger partial charge in [0.1, 0.15) is 11.5 Å². The molecule has 1 heterocycles. The molecule has 1 atom stereocenters. The van der Waals surface area contributed by atoms with E-state index < -0.39 is 0 Å². The summed E-state index contributed by atoms with van der Waals surface area (Å²) in [4.78, 5) is 7.85. The number of nitrogens with zero attached hydrogens (tertiary/aromatic N) is 2. The lowest BCUT2D eigenvalue weighted by atomic mass is 10.2. The first-order valence-corrected chi connectivity index (χ1v) is 9.32. The van der Waals surface area contributed by atoms with Gasteiger partial charge in [-0.15, -0.1) is 35.3 Å². The fourth-order valence-corrected chi connectivity index (χ4v) is 3.53. The molecule has 1 aromatic heterocycles. The Hall–Kier alpha value is -1.52. The zero-order chi connectivity index (χ0) is 18.9. The summed E-state index contributed by atoms with van der Waals surface area (Å²) in [5, 5.41) is 8.85. The van der Waals surface area contributed by atoms with Gasteiger partial charge in [-0.2, -0.15) is 0 Å². The van der Waals surface area contributed by atoms with E-state index >= 15 is 0 Å². The Labute approximate surface area is 183 Å². The SMILES string of the molecule is CN=C(NCc1ccc(OC)cc1OC)NCC(c1cccs1)N(C)C.I. The van der Waals surface area contributed by atoms with Crippen molar-refractivity contribution in [3.63, 3.8) is 0 Å². The summed E-state index contributed by atoms with van der Waals surface area (Å²) in [5.74, 6) is 2.32. The van der Waals surface area contributed by atoms with Crippen molar-refractivity contribution in [2.75, 3.05) is 41.9 Å². The van der Waals surface area contributed by atoms with E-state index in [1.54, 1.807) is 32.6 Å². The van der Waals surface area contributed by atoms with E-state index in [2.05, 4.69) is 52.1 Å². The minimum atomic E-state index is 0. The van der Waals surface area contributed by atoms with Crippen molar-refractivity contribution >= 4 is 41.3 Å². The fourth-order valence-electron chi connectivity index (χ4n) is 2.61. The van der Waals surface area contributed by atoms with Crippen LogP contribution in [0.4, 0.5) is 0 Å². The number of aliphatic imine (C=N–C) groups is 1. The summed E-state index contributed by atoms with van der Waals surface area (Å²) in [5.41, 5.74) is 1.04. The van der Waals surface area contributed by atoms with Crippen LogP contribution in [0.5, 0.6) is 11.5 Å². The maximum atomic E-state index is 5.45. The number of nitrogens with one attached hydrogen (secondary N) is 2. The van der Waals surface area contributed by atoms with E-state index in [1.807, 2.05) is 18.2 Å². The number of hydrogen-bond donors (Lipinski definition) is 2. The smallest absolute Gasteiger partial charge is 0.191 e. The lowest BCUT2D eigenvalue weighted by Crippen LogP contribution is -2.41. The number of rotatable bonds is 8. The Morgan fingerprint density at radius 2 is 1.96 bits per heavy atom. The van der Waals surface area contributed by atoms with Crippen LogP contribution in [0.25, 0.3) is 0 Å². The van der Waals surface area contributed by atoms with Crippen molar-refractivity contribution in [1.82, 2.24) is 15.5 Å². The number of benzene rings is 1. The lowest BCUT2D eigenvalue weighted by Gasteiger charge is -2.24. The number of halogens is 1. The van der Waals surface area contributed by atoms with Gasteiger partial charge in [-0.25, -0.2) is 0 Å². The van der Waals surface area contributed by atoms with Crippen LogP contribution in [0.3, 0.4) is 0 Å². The molecule has 0 aliphatic carbocycles. The number of likely N-dealkylation sites (N-methyl/N-ethyl adjacent to an activating group) is 1. The average Bonchev–Trinajstić information content (AvgIpc) is 3.18. The molecule has 8 heteroatoms. The summed E-state index contributed by atoms with van der Waals surface area (Å²) < 4.78 is 10.7. The molecule has 2 aromatic rings. The Morgan fingerprint density at radius 3 is 2.52 bits per heavy atom. The van der Waals surface area contributed by atoms with Gasteiger partial charge in [0, 0.05) is 36.6 Å². The van der Waals surface area contributed by atoms with Crippen LogP contribution < -0.4 is 20.1 Å². The van der Waals surface area contributed by atoms with Crippen LogP contribution in [-0.4, -0.2) is 52.8 Å². The first-order valence-electron chi connectivity index (χ1n) is 8.44. The van der Waals surface area contributed by atoms with Crippen molar-refractivity contribution in [2.24, 2.45) is 4.99 Å². The predicted molar refractivity (Wildman–Crippen MR) is 124 cm³/mol. The zero-order valence-corrected chi connectivity index (χ0v) is 19.6. The highest BCUT2D eigenvalue weighted by molar-refractivity contribution is 14.0. The van der Waals surface area contributed by atoms with Gasteiger partial charge in [0.15, 0.2) is 5.96 Å². The largest absolute Gasteiger partial charge is 0.497 e. The molecule has 0 aliphatic heterocycles. The minimum Gasteiger partial charge on any atom is -0.497 e. The van der Waals surface area contributed by atoms with Crippen molar-refractivity contribution in [2.45, 2.75) is 12.6 Å². The molecule has 1 unspecified atom stereocenters. The molecule has 0 bridgehead atoms. The van der Waals surface area contributed by atoms with Gasteiger partial charge >= 0.3 is 0 Å². The maximum Gasteiger partial charge on any atom is 0.191 e. The zero-order valence-electron chi connectivity index (χ0n) is 16.5. The topological polar surface area (TPSA) is 58.1 Å². The van der Waals surface area contributed by atoms with Gasteiger partial charge in [0.2, 0.25) is 0 Å². The molecule has 27 heavy (non-hydrogen) atoms. The Morgan fingerprint density at radius 1 is 1.19 bits per heavy atom. The van der Waals surface area contributed by atoms with Gasteiger partial charge in [-0.3, -0.25) is 4.99 Å². The van der Waals surface area contributed by atoms with Crippen LogP contribution in [0, 0.1) is 0 Å². The van der Waals surface area contributed by atoms with Gasteiger partial charge < -0.3 is 25.0 Å². The van der Waals surface area contributed by atoms with Crippen LogP contribution in [-0.2, 0) is 6.54 Å². The van der Waals surface area contributed by atoms with Gasteiger partial charge in [0.25, 0.3) is 0 Å². The molecule has 0 radical (unpaired) electrons. The third kappa shape index (κ3) is 6.86. The second kappa shape index (κ2) is 12.0. The highest BCUT2D eigenvalue weighted by Gasteiger charge is 2.15. The van der Waals surface area contributed by atoms with Crippen molar-refractivity contribution < 1.29 is 9.47 Å². The summed E-state index contributed by atoms with van der Waals surface area (Å²) in [6.07, 6.45) is 0. The first-order chi connectivity index (χ1) is 12.6. The molecule has 0 saturated heterocycles. The molecule has 1 aromatic carbocycles. The van der Waals surface area contributed by atoms with E-state index in [9.17, 15) is 0 Å². The van der Waals surface area contributed by atoms with E-state index in [0.29, 0.717) is 12.6 Å². The molecule has 0 aliphatic rings. The predicted octanol–water partition coefficient (Wildman–Crippen LogP) is 3.35. The van der Waals surface area contributed by atoms with E-state index in [4.69, 9.17) is 9.47 Å². The number of thiophene rings is 1. The second-order valence-electron chi connectivity index (χ2n) is 5.98. The lowest BCUT2D eigenvalue weighted by molar-refractivity contribution is 0.302. The molecule has 2 N–H and O–H groups in total. The van der Waals surface area contributed by atoms with Crippen LogP contribution in [0.1, 0.15) is 16.5 Å². The molecule has 0 fully saturated rings. The van der Waals surface area contributed by atoms with Crippen molar-refractivity contribution in [3.05, 3.63) is 46.2 Å². The van der Waals surface area contributed by atoms with Crippen LogP contribution in [0.15, 0.2) is 40.7 Å². The van der Waals surface area contributed by atoms with E-state index in [1.165, 1.54) is 4.88 Å². The highest BCUT2D eigenvalue weighted by atomic mass is 127. The van der Waals surface area contributed by atoms with Crippen molar-refractivity contribution in [3.8, 4) is 11.5 Å². The van der Waals surface area contributed by atoms with Gasteiger partial charge in [-0.05, 0) is 37.7 Å². The van der Waals surface area contributed by atoms with Crippen LogP contribution in [0.2, 0.25) is 0 Å². The molecular formula is C19H29IN4O2S. The molecule has 2 rings (SSSR count). The molecule has 6 nitrogen and oxygen atoms in total.